The number of aromatic nitrogens is 2. The Bertz CT molecular complexity index is 569. The van der Waals surface area contributed by atoms with Crippen LogP contribution in [0.5, 0.6) is 0 Å². The van der Waals surface area contributed by atoms with E-state index in [-0.39, 0.29) is 12.4 Å². The fourth-order valence-corrected chi connectivity index (χ4v) is 1.44. The van der Waals surface area contributed by atoms with E-state index in [1.807, 2.05) is 20.8 Å². The van der Waals surface area contributed by atoms with Crippen LogP contribution >= 0.6 is 0 Å². The van der Waals surface area contributed by atoms with Crippen molar-refractivity contribution in [2.24, 2.45) is 0 Å². The number of ether oxygens (including phenoxy) is 1. The van der Waals surface area contributed by atoms with Crippen LogP contribution in [0.3, 0.4) is 0 Å². The van der Waals surface area contributed by atoms with Gasteiger partial charge in [0.25, 0.3) is 5.89 Å². The molecule has 108 valence electrons. The van der Waals surface area contributed by atoms with Crippen LogP contribution < -0.4 is 0 Å². The Hall–Kier alpha value is -2.31. The van der Waals surface area contributed by atoms with Crippen LogP contribution in [0.2, 0.25) is 0 Å². The molecule has 2 rings (SSSR count). The average Bonchev–Trinajstić information content (AvgIpc) is 2.95. The van der Waals surface area contributed by atoms with E-state index in [0.29, 0.717) is 11.6 Å². The molecule has 0 saturated carbocycles. The molecular weight excluding hydrogens is 262 g/mol. The molecule has 2 aromatic heterocycles. The van der Waals surface area contributed by atoms with Crippen LogP contribution in [0.1, 0.15) is 26.6 Å². The van der Waals surface area contributed by atoms with Gasteiger partial charge in [-0.25, -0.2) is 4.79 Å². The van der Waals surface area contributed by atoms with Crippen molar-refractivity contribution in [1.29, 1.82) is 0 Å². The maximum atomic E-state index is 11.8. The zero-order valence-corrected chi connectivity index (χ0v) is 11.9. The number of furan rings is 1. The summed E-state index contributed by atoms with van der Waals surface area (Å²) in [5.41, 5.74) is -0.540. The second kappa shape index (κ2) is 5.36. The molecule has 0 spiro atoms. The Morgan fingerprint density at radius 2 is 2.20 bits per heavy atom. The lowest BCUT2D eigenvalue weighted by molar-refractivity contribution is 0.0280. The van der Waals surface area contributed by atoms with Crippen molar-refractivity contribution in [1.82, 2.24) is 15.0 Å². The average molecular weight is 279 g/mol. The van der Waals surface area contributed by atoms with Gasteiger partial charge in [0.05, 0.1) is 12.8 Å². The first-order chi connectivity index (χ1) is 9.35. The first-order valence-electron chi connectivity index (χ1n) is 6.16. The molecule has 0 fully saturated rings. The molecule has 7 heteroatoms. The van der Waals surface area contributed by atoms with Gasteiger partial charge in [-0.15, -0.1) is 0 Å². The molecular formula is C13H17N3O4. The first kappa shape index (κ1) is 14.1. The third-order valence-corrected chi connectivity index (χ3v) is 2.28. The third kappa shape index (κ3) is 3.59. The first-order valence-corrected chi connectivity index (χ1v) is 6.16. The lowest BCUT2D eigenvalue weighted by Crippen LogP contribution is -2.34. The number of amides is 1. The van der Waals surface area contributed by atoms with Crippen molar-refractivity contribution in [2.45, 2.75) is 32.9 Å². The summed E-state index contributed by atoms with van der Waals surface area (Å²) in [7, 11) is 1.61. The molecule has 0 unspecified atom stereocenters. The smallest absolute Gasteiger partial charge is 0.410 e. The SMILES string of the molecule is CN(Cc1noc(-c2ccco2)n1)C(=O)OC(C)(C)C. The van der Waals surface area contributed by atoms with Crippen LogP contribution in [0.15, 0.2) is 27.3 Å². The van der Waals surface area contributed by atoms with Crippen LogP contribution in [0.4, 0.5) is 4.79 Å². The fraction of sp³-hybridized carbons (Fsp3) is 0.462. The largest absolute Gasteiger partial charge is 0.459 e. The van der Waals surface area contributed by atoms with E-state index in [0.717, 1.165) is 0 Å². The van der Waals surface area contributed by atoms with Gasteiger partial charge in [-0.2, -0.15) is 4.98 Å². The molecule has 0 aliphatic carbocycles. The van der Waals surface area contributed by atoms with E-state index in [4.69, 9.17) is 13.7 Å². The minimum Gasteiger partial charge on any atom is -0.459 e. The predicted molar refractivity (Wildman–Crippen MR) is 69.7 cm³/mol. The van der Waals surface area contributed by atoms with Crippen LogP contribution in [-0.4, -0.2) is 33.8 Å². The van der Waals surface area contributed by atoms with E-state index >= 15 is 0 Å². The Labute approximate surface area is 116 Å². The fourth-order valence-electron chi connectivity index (χ4n) is 1.44. The van der Waals surface area contributed by atoms with Gasteiger partial charge in [-0.3, -0.25) is 0 Å². The van der Waals surface area contributed by atoms with Crippen molar-refractivity contribution < 1.29 is 18.5 Å². The number of carbonyl (C=O) groups is 1. The summed E-state index contributed by atoms with van der Waals surface area (Å²) < 4.78 is 15.4. The summed E-state index contributed by atoms with van der Waals surface area (Å²) in [6.07, 6.45) is 1.08. The number of hydrogen-bond acceptors (Lipinski definition) is 6. The molecule has 0 aliphatic heterocycles. The highest BCUT2D eigenvalue weighted by atomic mass is 16.6. The van der Waals surface area contributed by atoms with E-state index < -0.39 is 11.7 Å². The molecule has 0 aliphatic rings. The van der Waals surface area contributed by atoms with Crippen LogP contribution in [0, 0.1) is 0 Å². The van der Waals surface area contributed by atoms with E-state index in [9.17, 15) is 4.79 Å². The molecule has 0 atom stereocenters. The summed E-state index contributed by atoms with van der Waals surface area (Å²) in [5.74, 6) is 1.15. The monoisotopic (exact) mass is 279 g/mol. The van der Waals surface area contributed by atoms with Crippen molar-refractivity contribution in [3.05, 3.63) is 24.2 Å². The molecule has 0 radical (unpaired) electrons. The Morgan fingerprint density at radius 3 is 2.80 bits per heavy atom. The number of hydrogen-bond donors (Lipinski definition) is 0. The van der Waals surface area contributed by atoms with Crippen LogP contribution in [-0.2, 0) is 11.3 Å². The zero-order chi connectivity index (χ0) is 14.8. The molecule has 0 saturated heterocycles. The van der Waals surface area contributed by atoms with Gasteiger partial charge >= 0.3 is 6.09 Å². The van der Waals surface area contributed by atoms with Gasteiger partial charge in [0.15, 0.2) is 11.6 Å². The summed E-state index contributed by atoms with van der Waals surface area (Å²) in [4.78, 5) is 17.3. The number of rotatable bonds is 3. The minimum absolute atomic E-state index is 0.194. The second-order valence-electron chi connectivity index (χ2n) is 5.33. The Balaban J connectivity index is 1.98. The summed E-state index contributed by atoms with van der Waals surface area (Å²) in [6.45, 7) is 5.62. The molecule has 0 N–H and O–H groups in total. The van der Waals surface area contributed by atoms with Gasteiger partial charge in [-0.1, -0.05) is 5.16 Å². The van der Waals surface area contributed by atoms with Crippen molar-refractivity contribution in [3.63, 3.8) is 0 Å². The predicted octanol–water partition coefficient (Wildman–Crippen LogP) is 2.70. The molecule has 0 aromatic carbocycles. The lowest BCUT2D eigenvalue weighted by atomic mass is 10.2. The molecule has 20 heavy (non-hydrogen) atoms. The summed E-state index contributed by atoms with van der Waals surface area (Å²) >= 11 is 0. The topological polar surface area (TPSA) is 81.6 Å². The second-order valence-corrected chi connectivity index (χ2v) is 5.33. The van der Waals surface area contributed by atoms with E-state index in [2.05, 4.69) is 10.1 Å². The number of nitrogens with zero attached hydrogens (tertiary/aromatic N) is 3. The van der Waals surface area contributed by atoms with E-state index in [1.165, 1.54) is 11.2 Å². The third-order valence-electron chi connectivity index (χ3n) is 2.28. The van der Waals surface area contributed by atoms with Gasteiger partial charge in [0.2, 0.25) is 0 Å². The quantitative estimate of drug-likeness (QED) is 0.859. The highest BCUT2D eigenvalue weighted by molar-refractivity contribution is 5.67. The van der Waals surface area contributed by atoms with Crippen molar-refractivity contribution in [3.8, 4) is 11.7 Å². The normalized spacial score (nSPS) is 11.4. The maximum absolute atomic E-state index is 11.8. The zero-order valence-electron chi connectivity index (χ0n) is 11.9. The minimum atomic E-state index is -0.540. The molecule has 0 bridgehead atoms. The van der Waals surface area contributed by atoms with Crippen LogP contribution in [0.25, 0.3) is 11.7 Å². The molecule has 2 aromatic rings. The summed E-state index contributed by atoms with van der Waals surface area (Å²) in [5, 5.41) is 3.80. The van der Waals surface area contributed by atoms with Gasteiger partial charge in [0.1, 0.15) is 5.60 Å². The van der Waals surface area contributed by atoms with Gasteiger partial charge in [0, 0.05) is 7.05 Å². The van der Waals surface area contributed by atoms with E-state index in [1.54, 1.807) is 19.2 Å². The maximum Gasteiger partial charge on any atom is 0.410 e. The van der Waals surface area contributed by atoms with Crippen molar-refractivity contribution >= 4 is 6.09 Å². The lowest BCUT2D eigenvalue weighted by Gasteiger charge is -2.23. The standard InChI is InChI=1S/C13H17N3O4/c1-13(2,3)19-12(17)16(4)8-10-14-11(20-15-10)9-6-5-7-18-9/h5-7H,8H2,1-4H3. The molecule has 1 amide bonds. The Morgan fingerprint density at radius 1 is 1.45 bits per heavy atom. The molecule has 7 nitrogen and oxygen atoms in total. The molecule has 2 heterocycles. The Kier molecular flexibility index (Phi) is 3.78. The highest BCUT2D eigenvalue weighted by Gasteiger charge is 2.21. The van der Waals surface area contributed by atoms with Crippen molar-refractivity contribution in [2.75, 3.05) is 7.05 Å². The summed E-state index contributed by atoms with van der Waals surface area (Å²) in [6, 6.07) is 3.45. The highest BCUT2D eigenvalue weighted by Crippen LogP contribution is 2.17. The van der Waals surface area contributed by atoms with Gasteiger partial charge in [-0.05, 0) is 32.9 Å². The van der Waals surface area contributed by atoms with Gasteiger partial charge < -0.3 is 18.6 Å². The number of carbonyl (C=O) groups excluding carboxylic acids is 1.